The van der Waals surface area contributed by atoms with Crippen molar-refractivity contribution in [1.29, 1.82) is 0 Å². The Kier molecular flexibility index (Phi) is 10.2. The van der Waals surface area contributed by atoms with E-state index in [-0.39, 0.29) is 6.61 Å². The van der Waals surface area contributed by atoms with Crippen molar-refractivity contribution in [2.45, 2.75) is 47.8 Å². The Bertz CT molecular complexity index is 788. The van der Waals surface area contributed by atoms with Crippen LogP contribution in [0.2, 0.25) is 0 Å². The average Bonchev–Trinajstić information content (AvgIpc) is 2.78. The first-order chi connectivity index (χ1) is 15.1. The molecule has 0 heterocycles. The van der Waals surface area contributed by atoms with Gasteiger partial charge < -0.3 is 18.9 Å². The number of rotatable bonds is 13. The minimum atomic E-state index is -0.433. The van der Waals surface area contributed by atoms with Gasteiger partial charge in [0.25, 0.3) is 0 Å². The van der Waals surface area contributed by atoms with Crippen LogP contribution in [0, 0.1) is 0 Å². The summed E-state index contributed by atoms with van der Waals surface area (Å²) in [6, 6.07) is 11.5. The zero-order valence-electron chi connectivity index (χ0n) is 19.4. The molecule has 0 unspecified atom stereocenters. The van der Waals surface area contributed by atoms with Crippen molar-refractivity contribution in [2.24, 2.45) is 0 Å². The Balaban J connectivity index is 2.10. The third-order valence-electron chi connectivity index (χ3n) is 4.84. The average molecular weight is 430 g/mol. The summed E-state index contributed by atoms with van der Waals surface area (Å²) in [7, 11) is 0. The maximum Gasteiger partial charge on any atom is 0.338 e. The van der Waals surface area contributed by atoms with Gasteiger partial charge >= 0.3 is 5.97 Å². The highest BCUT2D eigenvalue weighted by Crippen LogP contribution is 2.39. The van der Waals surface area contributed by atoms with E-state index in [0.29, 0.717) is 42.6 Å². The second-order valence-electron chi connectivity index (χ2n) is 6.95. The molecule has 0 amide bonds. The zero-order valence-corrected chi connectivity index (χ0v) is 19.4. The van der Waals surface area contributed by atoms with E-state index >= 15 is 0 Å². The minimum absolute atomic E-state index is 0.200. The molecule has 2 aromatic carbocycles. The lowest BCUT2D eigenvalue weighted by Crippen LogP contribution is -2.22. The van der Waals surface area contributed by atoms with Crippen molar-refractivity contribution >= 4 is 5.97 Å². The van der Waals surface area contributed by atoms with Crippen LogP contribution in [-0.2, 0) is 17.9 Å². The van der Waals surface area contributed by atoms with Gasteiger partial charge in [-0.05, 0) is 57.1 Å². The van der Waals surface area contributed by atoms with Crippen LogP contribution in [0.25, 0.3) is 0 Å². The van der Waals surface area contributed by atoms with Crippen molar-refractivity contribution in [3.05, 3.63) is 53.1 Å². The van der Waals surface area contributed by atoms with Crippen LogP contribution in [0.3, 0.4) is 0 Å². The van der Waals surface area contributed by atoms with E-state index in [1.807, 2.05) is 32.9 Å². The van der Waals surface area contributed by atoms with Crippen molar-refractivity contribution in [3.8, 4) is 17.2 Å². The minimum Gasteiger partial charge on any atom is -0.490 e. The summed E-state index contributed by atoms with van der Waals surface area (Å²) in [6.45, 7) is 14.5. The molecule has 0 aliphatic heterocycles. The number of hydrogen-bond acceptors (Lipinski definition) is 6. The molecule has 0 saturated carbocycles. The maximum atomic E-state index is 12.7. The molecule has 6 heteroatoms. The molecule has 0 saturated heterocycles. The molecule has 0 bridgehead atoms. The Morgan fingerprint density at radius 1 is 0.774 bits per heavy atom. The molecular formula is C25H35NO5. The van der Waals surface area contributed by atoms with E-state index in [0.717, 1.165) is 25.2 Å². The molecule has 0 fully saturated rings. The Morgan fingerprint density at radius 3 is 1.77 bits per heavy atom. The van der Waals surface area contributed by atoms with Gasteiger partial charge in [-0.3, -0.25) is 4.90 Å². The molecule has 2 rings (SSSR count). The van der Waals surface area contributed by atoms with Crippen molar-refractivity contribution < 1.29 is 23.7 Å². The molecular weight excluding hydrogens is 394 g/mol. The number of ether oxygens (including phenoxy) is 4. The normalized spacial score (nSPS) is 10.8. The standard InChI is InChI=1S/C25H35NO5/c1-6-26(7-2)17-19-11-13-20(14-12-19)18-31-25(27)21-15-22(28-8-3)24(30-10-5)23(16-21)29-9-4/h11-16H,6-10,17-18H2,1-5H3. The largest absolute Gasteiger partial charge is 0.490 e. The third-order valence-corrected chi connectivity index (χ3v) is 4.84. The monoisotopic (exact) mass is 429 g/mol. The quantitative estimate of drug-likeness (QED) is 0.414. The van der Waals surface area contributed by atoms with Crippen LogP contribution in [0.15, 0.2) is 36.4 Å². The van der Waals surface area contributed by atoms with Gasteiger partial charge in [0.05, 0.1) is 25.4 Å². The highest BCUT2D eigenvalue weighted by atomic mass is 16.5. The summed E-state index contributed by atoms with van der Waals surface area (Å²) >= 11 is 0. The number of esters is 1. The maximum absolute atomic E-state index is 12.7. The van der Waals surface area contributed by atoms with Crippen LogP contribution < -0.4 is 14.2 Å². The first-order valence-corrected chi connectivity index (χ1v) is 11.1. The Hall–Kier alpha value is -2.73. The molecule has 31 heavy (non-hydrogen) atoms. The predicted octanol–water partition coefficient (Wildman–Crippen LogP) is 5.08. The van der Waals surface area contributed by atoms with Gasteiger partial charge in [-0.2, -0.15) is 0 Å². The smallest absolute Gasteiger partial charge is 0.338 e. The zero-order chi connectivity index (χ0) is 22.6. The van der Waals surface area contributed by atoms with E-state index in [2.05, 4.69) is 30.9 Å². The Morgan fingerprint density at radius 2 is 1.29 bits per heavy atom. The van der Waals surface area contributed by atoms with Gasteiger partial charge in [0.2, 0.25) is 5.75 Å². The topological polar surface area (TPSA) is 57.2 Å². The summed E-state index contributed by atoms with van der Waals surface area (Å²) in [6.07, 6.45) is 0. The first-order valence-electron chi connectivity index (χ1n) is 11.1. The molecule has 0 radical (unpaired) electrons. The first kappa shape index (κ1) is 24.5. The highest BCUT2D eigenvalue weighted by Gasteiger charge is 2.19. The number of nitrogens with zero attached hydrogens (tertiary/aromatic N) is 1. The van der Waals surface area contributed by atoms with Crippen LogP contribution in [0.4, 0.5) is 0 Å². The molecule has 2 aromatic rings. The van der Waals surface area contributed by atoms with E-state index < -0.39 is 5.97 Å². The van der Waals surface area contributed by atoms with E-state index in [1.54, 1.807) is 12.1 Å². The van der Waals surface area contributed by atoms with Crippen LogP contribution in [0.1, 0.15) is 56.1 Å². The molecule has 170 valence electrons. The lowest BCUT2D eigenvalue weighted by atomic mass is 10.1. The molecule has 6 nitrogen and oxygen atoms in total. The van der Waals surface area contributed by atoms with Gasteiger partial charge in [0.15, 0.2) is 11.5 Å². The fraction of sp³-hybridized carbons (Fsp3) is 0.480. The third kappa shape index (κ3) is 7.17. The molecule has 0 aliphatic carbocycles. The second kappa shape index (κ2) is 12.8. The number of carbonyl (C=O) groups is 1. The van der Waals surface area contributed by atoms with E-state index in [9.17, 15) is 4.79 Å². The van der Waals surface area contributed by atoms with Crippen LogP contribution in [-0.4, -0.2) is 43.8 Å². The summed E-state index contributed by atoms with van der Waals surface area (Å²) in [5, 5.41) is 0. The number of carbonyl (C=O) groups excluding carboxylic acids is 1. The Labute approximate surface area is 186 Å². The highest BCUT2D eigenvalue weighted by molar-refractivity contribution is 5.91. The van der Waals surface area contributed by atoms with Crippen LogP contribution >= 0.6 is 0 Å². The summed E-state index contributed by atoms with van der Waals surface area (Å²) in [4.78, 5) is 15.1. The van der Waals surface area contributed by atoms with Gasteiger partial charge in [0, 0.05) is 6.54 Å². The van der Waals surface area contributed by atoms with Gasteiger partial charge in [-0.1, -0.05) is 38.1 Å². The van der Waals surface area contributed by atoms with E-state index in [4.69, 9.17) is 18.9 Å². The van der Waals surface area contributed by atoms with Gasteiger partial charge in [-0.15, -0.1) is 0 Å². The summed E-state index contributed by atoms with van der Waals surface area (Å²) < 4.78 is 22.6. The van der Waals surface area contributed by atoms with E-state index in [1.165, 1.54) is 5.56 Å². The van der Waals surface area contributed by atoms with Gasteiger partial charge in [0.1, 0.15) is 6.61 Å². The molecule has 0 spiro atoms. The lowest BCUT2D eigenvalue weighted by Gasteiger charge is -2.18. The lowest BCUT2D eigenvalue weighted by molar-refractivity contribution is 0.0471. The summed E-state index contributed by atoms with van der Waals surface area (Å²) in [5.41, 5.74) is 2.55. The molecule has 0 N–H and O–H groups in total. The molecule has 0 aliphatic rings. The van der Waals surface area contributed by atoms with Crippen molar-refractivity contribution in [2.75, 3.05) is 32.9 Å². The second-order valence-corrected chi connectivity index (χ2v) is 6.95. The predicted molar refractivity (Wildman–Crippen MR) is 122 cm³/mol. The molecule has 0 aromatic heterocycles. The number of hydrogen-bond donors (Lipinski definition) is 0. The fourth-order valence-corrected chi connectivity index (χ4v) is 3.19. The van der Waals surface area contributed by atoms with Gasteiger partial charge in [-0.25, -0.2) is 4.79 Å². The summed E-state index contributed by atoms with van der Waals surface area (Å²) in [5.74, 6) is 1.02. The van der Waals surface area contributed by atoms with Crippen molar-refractivity contribution in [3.63, 3.8) is 0 Å². The fourth-order valence-electron chi connectivity index (χ4n) is 3.19. The molecule has 0 atom stereocenters. The van der Waals surface area contributed by atoms with Crippen molar-refractivity contribution in [1.82, 2.24) is 4.90 Å². The van der Waals surface area contributed by atoms with Crippen LogP contribution in [0.5, 0.6) is 17.2 Å². The number of benzene rings is 2. The SMILES string of the molecule is CCOc1cc(C(=O)OCc2ccc(CN(CC)CC)cc2)cc(OCC)c1OCC.